The summed E-state index contributed by atoms with van der Waals surface area (Å²) in [5.74, 6) is 0.682. The van der Waals surface area contributed by atoms with Gasteiger partial charge in [-0.3, -0.25) is 4.79 Å². The molecule has 1 aromatic carbocycles. The monoisotopic (exact) mass is 264 g/mol. The van der Waals surface area contributed by atoms with Crippen molar-refractivity contribution in [3.05, 3.63) is 29.8 Å². The number of benzene rings is 1. The Kier molecular flexibility index (Phi) is 5.36. The number of carbonyl (C=O) groups excluding carboxylic acids is 1. The molecule has 0 radical (unpaired) electrons. The van der Waals surface area contributed by atoms with Crippen molar-refractivity contribution < 1.29 is 9.53 Å². The van der Waals surface area contributed by atoms with Gasteiger partial charge in [-0.1, -0.05) is 12.1 Å². The SMILES string of the molecule is CN(C)C(=O)COc1cccc(CNC(C)(C)C)c1. The van der Waals surface area contributed by atoms with Gasteiger partial charge in [0, 0.05) is 26.2 Å². The second kappa shape index (κ2) is 6.57. The third-order valence-corrected chi connectivity index (χ3v) is 2.58. The number of rotatable bonds is 5. The first-order valence-electron chi connectivity index (χ1n) is 6.45. The van der Waals surface area contributed by atoms with Crippen molar-refractivity contribution in [1.29, 1.82) is 0 Å². The highest BCUT2D eigenvalue weighted by Gasteiger charge is 2.09. The predicted molar refractivity (Wildman–Crippen MR) is 77.2 cm³/mol. The molecule has 0 spiro atoms. The first-order chi connectivity index (χ1) is 8.78. The molecule has 0 heterocycles. The smallest absolute Gasteiger partial charge is 0.259 e. The van der Waals surface area contributed by atoms with Crippen LogP contribution in [0.4, 0.5) is 0 Å². The molecule has 0 atom stereocenters. The normalized spacial score (nSPS) is 11.2. The van der Waals surface area contributed by atoms with Crippen molar-refractivity contribution in [3.8, 4) is 5.75 Å². The first-order valence-corrected chi connectivity index (χ1v) is 6.45. The minimum absolute atomic E-state index is 0.0433. The molecule has 4 heteroatoms. The van der Waals surface area contributed by atoms with E-state index in [0.717, 1.165) is 17.9 Å². The number of nitrogens with zero attached hydrogens (tertiary/aromatic N) is 1. The summed E-state index contributed by atoms with van der Waals surface area (Å²) >= 11 is 0. The molecule has 4 nitrogen and oxygen atoms in total. The van der Waals surface area contributed by atoms with Crippen LogP contribution in [0.25, 0.3) is 0 Å². The van der Waals surface area contributed by atoms with Gasteiger partial charge < -0.3 is 15.0 Å². The van der Waals surface area contributed by atoms with Crippen LogP contribution in [0.5, 0.6) is 5.75 Å². The topological polar surface area (TPSA) is 41.6 Å². The van der Waals surface area contributed by atoms with Crippen LogP contribution in [0.3, 0.4) is 0 Å². The van der Waals surface area contributed by atoms with Crippen molar-refractivity contribution in [2.45, 2.75) is 32.9 Å². The molecular weight excluding hydrogens is 240 g/mol. The van der Waals surface area contributed by atoms with Crippen LogP contribution < -0.4 is 10.1 Å². The van der Waals surface area contributed by atoms with Crippen LogP contribution >= 0.6 is 0 Å². The molecule has 0 aromatic heterocycles. The first kappa shape index (κ1) is 15.5. The highest BCUT2D eigenvalue weighted by atomic mass is 16.5. The van der Waals surface area contributed by atoms with E-state index in [1.165, 1.54) is 4.90 Å². The molecule has 0 aliphatic carbocycles. The molecule has 0 aliphatic heterocycles. The highest BCUT2D eigenvalue weighted by Crippen LogP contribution is 2.14. The third-order valence-electron chi connectivity index (χ3n) is 2.58. The largest absolute Gasteiger partial charge is 0.484 e. The molecule has 0 saturated carbocycles. The minimum atomic E-state index is -0.0433. The quantitative estimate of drug-likeness (QED) is 0.885. The Morgan fingerprint density at radius 3 is 2.58 bits per heavy atom. The maximum absolute atomic E-state index is 11.4. The highest BCUT2D eigenvalue weighted by molar-refractivity contribution is 5.77. The summed E-state index contributed by atoms with van der Waals surface area (Å²) in [5.41, 5.74) is 1.22. The summed E-state index contributed by atoms with van der Waals surface area (Å²) in [5, 5.41) is 3.42. The fraction of sp³-hybridized carbons (Fsp3) is 0.533. The zero-order chi connectivity index (χ0) is 14.5. The number of carbonyl (C=O) groups is 1. The maximum Gasteiger partial charge on any atom is 0.259 e. The van der Waals surface area contributed by atoms with Gasteiger partial charge >= 0.3 is 0 Å². The van der Waals surface area contributed by atoms with Crippen molar-refractivity contribution in [3.63, 3.8) is 0 Å². The molecule has 19 heavy (non-hydrogen) atoms. The van der Waals surface area contributed by atoms with E-state index in [1.807, 2.05) is 24.3 Å². The molecule has 1 amide bonds. The van der Waals surface area contributed by atoms with Gasteiger partial charge in [-0.05, 0) is 38.5 Å². The number of ether oxygens (including phenoxy) is 1. The lowest BCUT2D eigenvalue weighted by molar-refractivity contribution is -0.130. The van der Waals surface area contributed by atoms with Gasteiger partial charge in [0.25, 0.3) is 5.91 Å². The second-order valence-electron chi connectivity index (χ2n) is 5.83. The molecule has 106 valence electrons. The van der Waals surface area contributed by atoms with Gasteiger partial charge in [0.05, 0.1) is 0 Å². The number of hydrogen-bond donors (Lipinski definition) is 1. The summed E-state index contributed by atoms with van der Waals surface area (Å²) in [7, 11) is 3.44. The molecule has 0 saturated heterocycles. The Morgan fingerprint density at radius 1 is 1.32 bits per heavy atom. The molecule has 0 aliphatic rings. The molecule has 1 N–H and O–H groups in total. The molecule has 0 fully saturated rings. The lowest BCUT2D eigenvalue weighted by atomic mass is 10.1. The van der Waals surface area contributed by atoms with Gasteiger partial charge in [0.2, 0.25) is 0 Å². The van der Waals surface area contributed by atoms with E-state index in [0.29, 0.717) is 0 Å². The van der Waals surface area contributed by atoms with Gasteiger partial charge in [-0.25, -0.2) is 0 Å². The Labute approximate surface area is 115 Å². The lowest BCUT2D eigenvalue weighted by Crippen LogP contribution is -2.35. The van der Waals surface area contributed by atoms with E-state index in [2.05, 4.69) is 26.1 Å². The Hall–Kier alpha value is -1.55. The van der Waals surface area contributed by atoms with E-state index in [4.69, 9.17) is 4.74 Å². The molecule has 1 rings (SSSR count). The minimum Gasteiger partial charge on any atom is -0.484 e. The van der Waals surface area contributed by atoms with Crippen LogP contribution in [0.2, 0.25) is 0 Å². The average molecular weight is 264 g/mol. The van der Waals surface area contributed by atoms with Crippen molar-refractivity contribution >= 4 is 5.91 Å². The van der Waals surface area contributed by atoms with Crippen LogP contribution in [0, 0.1) is 0 Å². The number of nitrogens with one attached hydrogen (secondary N) is 1. The number of amides is 1. The van der Waals surface area contributed by atoms with E-state index < -0.39 is 0 Å². The average Bonchev–Trinajstić information content (AvgIpc) is 2.33. The number of likely N-dealkylation sites (N-methyl/N-ethyl adjacent to an activating group) is 1. The van der Waals surface area contributed by atoms with Crippen molar-refractivity contribution in [1.82, 2.24) is 10.2 Å². The summed E-state index contributed by atoms with van der Waals surface area (Å²) in [6, 6.07) is 7.81. The molecular formula is C15H24N2O2. The summed E-state index contributed by atoms with van der Waals surface area (Å²) in [4.78, 5) is 13.0. The summed E-state index contributed by atoms with van der Waals surface area (Å²) < 4.78 is 5.48. The maximum atomic E-state index is 11.4. The van der Waals surface area contributed by atoms with E-state index in [9.17, 15) is 4.79 Å². The van der Waals surface area contributed by atoms with E-state index in [1.54, 1.807) is 14.1 Å². The summed E-state index contributed by atoms with van der Waals surface area (Å²) in [6.45, 7) is 7.24. The van der Waals surface area contributed by atoms with Crippen LogP contribution in [0.15, 0.2) is 24.3 Å². The Bertz CT molecular complexity index is 422. The van der Waals surface area contributed by atoms with Crippen molar-refractivity contribution in [2.24, 2.45) is 0 Å². The fourth-order valence-corrected chi connectivity index (χ4v) is 1.39. The molecule has 1 aromatic rings. The standard InChI is InChI=1S/C15H24N2O2/c1-15(2,3)16-10-12-7-6-8-13(9-12)19-11-14(18)17(4)5/h6-9,16H,10-11H2,1-5H3. The van der Waals surface area contributed by atoms with Crippen LogP contribution in [0.1, 0.15) is 26.3 Å². The lowest BCUT2D eigenvalue weighted by Gasteiger charge is -2.20. The molecule has 0 bridgehead atoms. The van der Waals surface area contributed by atoms with E-state index in [-0.39, 0.29) is 18.1 Å². The Morgan fingerprint density at radius 2 is 2.00 bits per heavy atom. The van der Waals surface area contributed by atoms with Crippen LogP contribution in [-0.4, -0.2) is 37.0 Å². The summed E-state index contributed by atoms with van der Waals surface area (Å²) in [6.07, 6.45) is 0. The second-order valence-corrected chi connectivity index (χ2v) is 5.83. The molecule has 0 unspecified atom stereocenters. The van der Waals surface area contributed by atoms with Gasteiger partial charge in [0.15, 0.2) is 6.61 Å². The van der Waals surface area contributed by atoms with Gasteiger partial charge in [-0.2, -0.15) is 0 Å². The van der Waals surface area contributed by atoms with Gasteiger partial charge in [-0.15, -0.1) is 0 Å². The third kappa shape index (κ3) is 6.25. The van der Waals surface area contributed by atoms with E-state index >= 15 is 0 Å². The van der Waals surface area contributed by atoms with Crippen molar-refractivity contribution in [2.75, 3.05) is 20.7 Å². The zero-order valence-corrected chi connectivity index (χ0v) is 12.5. The zero-order valence-electron chi connectivity index (χ0n) is 12.5. The van der Waals surface area contributed by atoms with Crippen LogP contribution in [-0.2, 0) is 11.3 Å². The predicted octanol–water partition coefficient (Wildman–Crippen LogP) is 2.04. The number of hydrogen-bond acceptors (Lipinski definition) is 3. The Balaban J connectivity index is 2.55. The van der Waals surface area contributed by atoms with Gasteiger partial charge in [0.1, 0.15) is 5.75 Å². The fourth-order valence-electron chi connectivity index (χ4n) is 1.39.